The molecule has 10 heteroatoms. The molecule has 0 radical (unpaired) electrons. The van der Waals surface area contributed by atoms with Crippen LogP contribution in [0.5, 0.6) is 0 Å². The van der Waals surface area contributed by atoms with Gasteiger partial charge in [0, 0.05) is 19.7 Å². The number of aromatic nitrogens is 2. The molecule has 0 aliphatic carbocycles. The molecule has 9 nitrogen and oxygen atoms in total. The first-order valence-electron chi connectivity index (χ1n) is 8.42. The Morgan fingerprint density at radius 2 is 2.14 bits per heavy atom. The van der Waals surface area contributed by atoms with Crippen molar-refractivity contribution in [1.29, 1.82) is 5.26 Å². The largest absolute Gasteiger partial charge is 0.462 e. The molecule has 0 saturated heterocycles. The van der Waals surface area contributed by atoms with Crippen LogP contribution in [0.3, 0.4) is 0 Å². The summed E-state index contributed by atoms with van der Waals surface area (Å²) in [4.78, 5) is 39.7. The molecule has 2 rings (SSSR count). The first kappa shape index (κ1) is 20.9. The number of carbonyl (C=O) groups excluding carboxylic acids is 2. The van der Waals surface area contributed by atoms with Crippen LogP contribution in [0.2, 0.25) is 0 Å². The first-order valence-corrected chi connectivity index (χ1v) is 9.24. The van der Waals surface area contributed by atoms with Crippen LogP contribution in [0.1, 0.15) is 20.8 Å². The molecule has 2 N–H and O–H groups in total. The van der Waals surface area contributed by atoms with Crippen molar-refractivity contribution in [2.45, 2.75) is 27.3 Å². The second-order valence-electron chi connectivity index (χ2n) is 5.43. The van der Waals surface area contributed by atoms with Gasteiger partial charge in [-0.3, -0.25) is 14.2 Å². The molecule has 0 unspecified atom stereocenters. The summed E-state index contributed by atoms with van der Waals surface area (Å²) in [7, 11) is 0. The van der Waals surface area contributed by atoms with Gasteiger partial charge in [-0.1, -0.05) is 0 Å². The van der Waals surface area contributed by atoms with Gasteiger partial charge in [-0.15, -0.1) is 11.3 Å². The van der Waals surface area contributed by atoms with Crippen molar-refractivity contribution in [1.82, 2.24) is 9.55 Å². The fourth-order valence-electron chi connectivity index (χ4n) is 2.26. The Morgan fingerprint density at radius 1 is 1.39 bits per heavy atom. The topological polar surface area (TPSA) is 126 Å². The predicted octanol–water partition coefficient (Wildman–Crippen LogP) is 0.371. The number of carbonyl (C=O) groups is 2. The van der Waals surface area contributed by atoms with E-state index in [1.54, 1.807) is 26.0 Å². The van der Waals surface area contributed by atoms with E-state index >= 15 is 0 Å². The van der Waals surface area contributed by atoms with Crippen molar-refractivity contribution in [3.05, 3.63) is 37.9 Å². The van der Waals surface area contributed by atoms with E-state index in [9.17, 15) is 19.6 Å². The number of hydrogen-bond acceptors (Lipinski definition) is 8. The Balaban J connectivity index is 2.43. The summed E-state index contributed by atoms with van der Waals surface area (Å²) in [5.41, 5.74) is 0.0723. The molecule has 2 aromatic heterocycles. The van der Waals surface area contributed by atoms with E-state index < -0.39 is 5.97 Å². The zero-order valence-electron chi connectivity index (χ0n) is 15.6. The Morgan fingerprint density at radius 3 is 2.68 bits per heavy atom. The molecule has 146 valence electrons. The molecule has 0 saturated carbocycles. The van der Waals surface area contributed by atoms with Crippen LogP contribution in [-0.2, 0) is 20.9 Å². The van der Waals surface area contributed by atoms with Gasteiger partial charge >= 0.3 is 5.97 Å². The predicted molar refractivity (Wildman–Crippen MR) is 106 cm³/mol. The van der Waals surface area contributed by atoms with Crippen LogP contribution in [-0.4, -0.2) is 28.0 Å². The van der Waals surface area contributed by atoms with Crippen LogP contribution < -0.4 is 25.4 Å². The minimum Gasteiger partial charge on any atom is -0.462 e. The van der Waals surface area contributed by atoms with Crippen LogP contribution in [0.4, 0.5) is 11.5 Å². The van der Waals surface area contributed by atoms with E-state index in [1.165, 1.54) is 23.9 Å². The third-order valence-corrected chi connectivity index (χ3v) is 4.60. The Kier molecular flexibility index (Phi) is 7.06. The van der Waals surface area contributed by atoms with Crippen molar-refractivity contribution >= 4 is 46.5 Å². The van der Waals surface area contributed by atoms with E-state index in [-0.39, 0.29) is 28.3 Å². The highest BCUT2D eigenvalue weighted by Crippen LogP contribution is 2.09. The van der Waals surface area contributed by atoms with Gasteiger partial charge in [0.05, 0.1) is 18.5 Å². The number of nitriles is 1. The summed E-state index contributed by atoms with van der Waals surface area (Å²) in [5.74, 6) is -0.574. The standard InChI is InChI=1S/C18H19N5O4S/c1-4-23-16(25)14(28-17(23)13(8-19)18(26)27-5-2)10-20-12-6-7-15(21-9-12)22-11(3)24/h6-7,9-10,20H,4-5H2,1-3H3,(H,21,22,24)/b14-10+,17-13-. The first-order chi connectivity index (χ1) is 13.4. The summed E-state index contributed by atoms with van der Waals surface area (Å²) in [6.45, 7) is 5.21. The number of pyridine rings is 1. The Hall–Kier alpha value is -3.45. The van der Waals surface area contributed by atoms with E-state index in [2.05, 4.69) is 15.6 Å². The molecule has 28 heavy (non-hydrogen) atoms. The molecule has 1 amide bonds. The molecule has 0 bridgehead atoms. The average molecular weight is 401 g/mol. The molecule has 0 atom stereocenters. The highest BCUT2D eigenvalue weighted by atomic mass is 32.1. The molecule has 0 spiro atoms. The van der Waals surface area contributed by atoms with E-state index in [4.69, 9.17) is 4.74 Å². The van der Waals surface area contributed by atoms with Crippen molar-refractivity contribution in [3.63, 3.8) is 0 Å². The lowest BCUT2D eigenvalue weighted by molar-refractivity contribution is -0.136. The van der Waals surface area contributed by atoms with E-state index in [0.29, 0.717) is 22.6 Å². The molecule has 2 aromatic rings. The minimum absolute atomic E-state index is 0.133. The van der Waals surface area contributed by atoms with Crippen molar-refractivity contribution in [2.75, 3.05) is 17.2 Å². The van der Waals surface area contributed by atoms with Crippen LogP contribution in [0, 0.1) is 11.3 Å². The van der Waals surface area contributed by atoms with Gasteiger partial charge in [0.1, 0.15) is 21.1 Å². The lowest BCUT2D eigenvalue weighted by Gasteiger charge is -2.02. The summed E-state index contributed by atoms with van der Waals surface area (Å²) in [6, 6.07) is 5.13. The molecular weight excluding hydrogens is 382 g/mol. The SMILES string of the molecule is CCOC(=O)/C(C#N)=c1\s/c(=C/Nc2ccc(NC(C)=O)nc2)c(=O)n1CC. The lowest BCUT2D eigenvalue weighted by atomic mass is 10.3. The van der Waals surface area contributed by atoms with Crippen LogP contribution in [0.25, 0.3) is 11.8 Å². The van der Waals surface area contributed by atoms with Gasteiger partial charge < -0.3 is 15.4 Å². The number of rotatable bonds is 6. The number of nitrogens with one attached hydrogen (secondary N) is 2. The number of anilines is 2. The monoisotopic (exact) mass is 401 g/mol. The smallest absolute Gasteiger partial charge is 0.351 e. The highest BCUT2D eigenvalue weighted by molar-refractivity contribution is 7.07. The molecule has 0 aliphatic heterocycles. The van der Waals surface area contributed by atoms with Crippen LogP contribution in [0.15, 0.2) is 23.1 Å². The summed E-state index contributed by atoms with van der Waals surface area (Å²) in [5, 5.41) is 14.8. The zero-order valence-corrected chi connectivity index (χ0v) is 16.4. The summed E-state index contributed by atoms with van der Waals surface area (Å²) >= 11 is 1.02. The lowest BCUT2D eigenvalue weighted by Crippen LogP contribution is -2.32. The van der Waals surface area contributed by atoms with Gasteiger partial charge in [0.25, 0.3) is 5.56 Å². The maximum atomic E-state index is 12.6. The van der Waals surface area contributed by atoms with Crippen molar-refractivity contribution in [3.8, 4) is 6.07 Å². The van der Waals surface area contributed by atoms with Crippen molar-refractivity contribution < 1.29 is 14.3 Å². The maximum absolute atomic E-state index is 12.6. The third-order valence-electron chi connectivity index (χ3n) is 3.47. The summed E-state index contributed by atoms with van der Waals surface area (Å²) < 4.78 is 6.82. The maximum Gasteiger partial charge on any atom is 0.351 e. The average Bonchev–Trinajstić information content (AvgIpc) is 2.97. The fourth-order valence-corrected chi connectivity index (χ4v) is 3.34. The van der Waals surface area contributed by atoms with Gasteiger partial charge in [0.15, 0.2) is 5.57 Å². The second-order valence-corrected chi connectivity index (χ2v) is 6.46. The zero-order chi connectivity index (χ0) is 20.7. The Labute approximate surface area is 164 Å². The molecule has 0 aromatic carbocycles. The van der Waals surface area contributed by atoms with Gasteiger partial charge in [-0.2, -0.15) is 5.26 Å². The highest BCUT2D eigenvalue weighted by Gasteiger charge is 2.16. The van der Waals surface area contributed by atoms with Crippen molar-refractivity contribution in [2.24, 2.45) is 0 Å². The van der Waals surface area contributed by atoms with Gasteiger partial charge in [-0.05, 0) is 26.0 Å². The summed E-state index contributed by atoms with van der Waals surface area (Å²) in [6.07, 6.45) is 2.98. The number of nitrogens with zero attached hydrogens (tertiary/aromatic N) is 3. The van der Waals surface area contributed by atoms with Crippen LogP contribution >= 0.6 is 11.3 Å². The number of amides is 1. The van der Waals surface area contributed by atoms with Gasteiger partial charge in [-0.25, -0.2) is 9.78 Å². The second kappa shape index (κ2) is 9.48. The quantitative estimate of drug-likeness (QED) is 0.670. The number of thiazole rings is 1. The van der Waals surface area contributed by atoms with Gasteiger partial charge in [0.2, 0.25) is 5.91 Å². The number of hydrogen-bond donors (Lipinski definition) is 2. The molecule has 0 fully saturated rings. The number of ether oxygens (including phenoxy) is 1. The Bertz CT molecular complexity index is 1090. The normalized spacial score (nSPS) is 12.1. The third kappa shape index (κ3) is 4.83. The van der Waals surface area contributed by atoms with E-state index in [0.717, 1.165) is 11.3 Å². The molecule has 2 heterocycles. The molecule has 0 aliphatic rings. The number of esters is 1. The van der Waals surface area contributed by atoms with E-state index in [1.807, 2.05) is 6.07 Å². The minimum atomic E-state index is -0.759. The molecular formula is C18H19N5O4S. The fraction of sp³-hybridized carbons (Fsp3) is 0.278.